The number of carbonyl (C=O) groups is 1. The minimum absolute atomic E-state index is 0. The van der Waals surface area contributed by atoms with Gasteiger partial charge in [-0.25, -0.2) is 0 Å². The molecule has 1 fully saturated rings. The summed E-state index contributed by atoms with van der Waals surface area (Å²) >= 11 is 3.40. The van der Waals surface area contributed by atoms with Gasteiger partial charge in [-0.1, -0.05) is 28.8 Å². The highest BCUT2D eigenvalue weighted by atomic mass is 79.9. The lowest BCUT2D eigenvalue weighted by Gasteiger charge is -2.31. The van der Waals surface area contributed by atoms with Crippen LogP contribution in [-0.4, -0.2) is 25.1 Å². The van der Waals surface area contributed by atoms with Crippen LogP contribution >= 0.6 is 28.3 Å². The molecule has 0 radical (unpaired) electrons. The van der Waals surface area contributed by atoms with Crippen molar-refractivity contribution in [2.75, 3.05) is 13.2 Å². The number of benzene rings is 1. The molecule has 0 spiro atoms. The van der Waals surface area contributed by atoms with Crippen LogP contribution in [0.2, 0.25) is 0 Å². The molecule has 0 aliphatic heterocycles. The van der Waals surface area contributed by atoms with E-state index < -0.39 is 0 Å². The third kappa shape index (κ3) is 7.41. The summed E-state index contributed by atoms with van der Waals surface area (Å²) in [5.74, 6) is 1.47. The van der Waals surface area contributed by atoms with E-state index in [1.54, 1.807) is 0 Å². The molecule has 136 valence electrons. The van der Waals surface area contributed by atoms with E-state index in [9.17, 15) is 4.79 Å². The number of hydrogen-bond donors (Lipinski definition) is 2. The summed E-state index contributed by atoms with van der Waals surface area (Å²) < 4.78 is 6.70. The van der Waals surface area contributed by atoms with Crippen LogP contribution in [0.4, 0.5) is 0 Å². The van der Waals surface area contributed by atoms with Crippen molar-refractivity contribution in [2.45, 2.75) is 51.0 Å². The quantitative estimate of drug-likeness (QED) is 0.625. The minimum Gasteiger partial charge on any atom is -0.494 e. The molecule has 0 aromatic heterocycles. The van der Waals surface area contributed by atoms with Gasteiger partial charge in [0.1, 0.15) is 5.75 Å². The highest BCUT2D eigenvalue weighted by Crippen LogP contribution is 2.23. The maximum atomic E-state index is 12.0. The van der Waals surface area contributed by atoms with Gasteiger partial charge >= 0.3 is 0 Å². The first kappa shape index (κ1) is 21.3. The molecular formula is C18H28BrClN2O2. The summed E-state index contributed by atoms with van der Waals surface area (Å²) in [5.41, 5.74) is 5.80. The van der Waals surface area contributed by atoms with E-state index in [1.807, 2.05) is 24.3 Å². The molecule has 1 aromatic carbocycles. The fraction of sp³-hybridized carbons (Fsp3) is 0.611. The Morgan fingerprint density at radius 1 is 1.21 bits per heavy atom. The van der Waals surface area contributed by atoms with Crippen LogP contribution in [0.15, 0.2) is 28.7 Å². The largest absolute Gasteiger partial charge is 0.494 e. The average molecular weight is 420 g/mol. The Morgan fingerprint density at radius 3 is 2.62 bits per heavy atom. The number of nitrogens with two attached hydrogens (primary N) is 1. The fourth-order valence-corrected chi connectivity index (χ4v) is 3.33. The molecule has 2 rings (SSSR count). The predicted molar refractivity (Wildman–Crippen MR) is 104 cm³/mol. The Morgan fingerprint density at radius 2 is 1.92 bits per heavy atom. The first-order valence-corrected chi connectivity index (χ1v) is 9.36. The molecule has 0 bridgehead atoms. The summed E-state index contributed by atoms with van der Waals surface area (Å²) in [6, 6.07) is 8.07. The van der Waals surface area contributed by atoms with E-state index in [0.717, 1.165) is 35.9 Å². The lowest BCUT2D eigenvalue weighted by molar-refractivity contribution is -0.122. The van der Waals surface area contributed by atoms with Gasteiger partial charge in [-0.05, 0) is 62.4 Å². The summed E-state index contributed by atoms with van der Waals surface area (Å²) in [4.78, 5) is 12.0. The zero-order valence-electron chi connectivity index (χ0n) is 14.0. The first-order chi connectivity index (χ1) is 11.2. The molecule has 2 atom stereocenters. The monoisotopic (exact) mass is 418 g/mol. The average Bonchev–Trinajstić information content (AvgIpc) is 2.57. The van der Waals surface area contributed by atoms with E-state index in [2.05, 4.69) is 21.2 Å². The summed E-state index contributed by atoms with van der Waals surface area (Å²) in [5, 5.41) is 3.17. The lowest BCUT2D eigenvalue weighted by atomic mass is 9.84. The molecule has 0 saturated heterocycles. The molecule has 1 aliphatic rings. The van der Waals surface area contributed by atoms with Crippen LogP contribution in [0, 0.1) is 5.92 Å². The van der Waals surface area contributed by atoms with E-state index in [-0.39, 0.29) is 24.4 Å². The normalized spacial score (nSPS) is 20.1. The van der Waals surface area contributed by atoms with E-state index in [1.165, 1.54) is 12.8 Å². The smallest absolute Gasteiger partial charge is 0.220 e. The number of halogens is 2. The number of carbonyl (C=O) groups excluding carboxylic acids is 1. The van der Waals surface area contributed by atoms with E-state index in [4.69, 9.17) is 10.5 Å². The standard InChI is InChI=1S/C18H27BrN2O2.ClH/c19-15-8-10-16(11-9-15)23-12-4-3-7-18(22)21-17-6-2-1-5-14(17)13-20;/h8-11,14,17H,1-7,12-13,20H2,(H,21,22);1H. The molecule has 24 heavy (non-hydrogen) atoms. The van der Waals surface area contributed by atoms with Crippen molar-refractivity contribution in [3.63, 3.8) is 0 Å². The highest BCUT2D eigenvalue weighted by molar-refractivity contribution is 9.10. The highest BCUT2D eigenvalue weighted by Gasteiger charge is 2.24. The van der Waals surface area contributed by atoms with Crippen LogP contribution in [0.1, 0.15) is 44.9 Å². The molecular weight excluding hydrogens is 392 g/mol. The lowest BCUT2D eigenvalue weighted by Crippen LogP contribution is -2.44. The Bertz CT molecular complexity index is 484. The van der Waals surface area contributed by atoms with Crippen LogP contribution in [0.3, 0.4) is 0 Å². The first-order valence-electron chi connectivity index (χ1n) is 8.57. The van der Waals surface area contributed by atoms with Crippen molar-refractivity contribution in [1.29, 1.82) is 0 Å². The number of rotatable bonds is 8. The van der Waals surface area contributed by atoms with Crippen molar-refractivity contribution in [3.8, 4) is 5.75 Å². The van der Waals surface area contributed by atoms with Crippen molar-refractivity contribution < 1.29 is 9.53 Å². The molecule has 1 aliphatic carbocycles. The molecule has 1 saturated carbocycles. The van der Waals surface area contributed by atoms with Gasteiger partial charge in [-0.3, -0.25) is 4.79 Å². The van der Waals surface area contributed by atoms with Crippen molar-refractivity contribution >= 4 is 34.2 Å². The maximum absolute atomic E-state index is 12.0. The SMILES string of the molecule is Cl.NCC1CCCCC1NC(=O)CCCCOc1ccc(Br)cc1. The maximum Gasteiger partial charge on any atom is 0.220 e. The Balaban J connectivity index is 0.00000288. The molecule has 0 heterocycles. The van der Waals surface area contributed by atoms with Crippen molar-refractivity contribution in [3.05, 3.63) is 28.7 Å². The van der Waals surface area contributed by atoms with Crippen molar-refractivity contribution in [2.24, 2.45) is 11.7 Å². The third-order valence-corrected chi connectivity index (χ3v) is 4.97. The zero-order chi connectivity index (χ0) is 16.5. The number of unbranched alkanes of at least 4 members (excludes halogenated alkanes) is 1. The molecule has 1 aromatic rings. The zero-order valence-corrected chi connectivity index (χ0v) is 16.4. The van der Waals surface area contributed by atoms with Crippen LogP contribution in [0.25, 0.3) is 0 Å². The second kappa shape index (κ2) is 11.7. The number of nitrogens with one attached hydrogen (secondary N) is 1. The van der Waals surface area contributed by atoms with Gasteiger partial charge in [-0.2, -0.15) is 0 Å². The van der Waals surface area contributed by atoms with Crippen LogP contribution in [0.5, 0.6) is 5.75 Å². The van der Waals surface area contributed by atoms with Gasteiger partial charge in [0, 0.05) is 16.9 Å². The van der Waals surface area contributed by atoms with Crippen LogP contribution in [-0.2, 0) is 4.79 Å². The Hall–Kier alpha value is -0.780. The summed E-state index contributed by atoms with van der Waals surface area (Å²) in [7, 11) is 0. The van der Waals surface area contributed by atoms with E-state index in [0.29, 0.717) is 25.5 Å². The summed E-state index contributed by atoms with van der Waals surface area (Å²) in [6.45, 7) is 1.32. The summed E-state index contributed by atoms with van der Waals surface area (Å²) in [6.07, 6.45) is 6.95. The molecule has 2 unspecified atom stereocenters. The van der Waals surface area contributed by atoms with Gasteiger partial charge in [0.05, 0.1) is 6.61 Å². The second-order valence-corrected chi connectivity index (χ2v) is 7.13. The van der Waals surface area contributed by atoms with Gasteiger partial charge in [0.25, 0.3) is 0 Å². The molecule has 1 amide bonds. The van der Waals surface area contributed by atoms with Gasteiger partial charge in [0.2, 0.25) is 5.91 Å². The molecule has 4 nitrogen and oxygen atoms in total. The second-order valence-electron chi connectivity index (χ2n) is 6.21. The Labute approximate surface area is 159 Å². The molecule has 6 heteroatoms. The number of ether oxygens (including phenoxy) is 1. The van der Waals surface area contributed by atoms with Gasteiger partial charge in [0.15, 0.2) is 0 Å². The number of amides is 1. The van der Waals surface area contributed by atoms with Gasteiger partial charge in [-0.15, -0.1) is 12.4 Å². The van der Waals surface area contributed by atoms with Gasteiger partial charge < -0.3 is 15.8 Å². The number of hydrogen-bond acceptors (Lipinski definition) is 3. The van der Waals surface area contributed by atoms with Crippen LogP contribution < -0.4 is 15.8 Å². The predicted octanol–water partition coefficient (Wildman–Crippen LogP) is 4.05. The fourth-order valence-electron chi connectivity index (χ4n) is 3.07. The Kier molecular flexibility index (Phi) is 10.4. The topological polar surface area (TPSA) is 64.3 Å². The van der Waals surface area contributed by atoms with E-state index >= 15 is 0 Å². The minimum atomic E-state index is 0. The molecule has 3 N–H and O–H groups in total. The van der Waals surface area contributed by atoms with Crippen molar-refractivity contribution in [1.82, 2.24) is 5.32 Å². The third-order valence-electron chi connectivity index (χ3n) is 4.44.